The third-order valence-corrected chi connectivity index (χ3v) is 1.89. The van der Waals surface area contributed by atoms with E-state index in [9.17, 15) is 0 Å². The molecule has 1 atom stereocenters. The minimum atomic E-state index is 0.481. The summed E-state index contributed by atoms with van der Waals surface area (Å²) in [7, 11) is 2.08. The third kappa shape index (κ3) is 1.45. The van der Waals surface area contributed by atoms with Crippen molar-refractivity contribution in [3.05, 3.63) is 12.3 Å². The van der Waals surface area contributed by atoms with Gasteiger partial charge in [-0.15, -0.1) is 0 Å². The molecule has 0 amide bonds. The predicted molar refractivity (Wildman–Crippen MR) is 37.4 cm³/mol. The van der Waals surface area contributed by atoms with Gasteiger partial charge >= 0.3 is 0 Å². The Labute approximate surface area is 55.8 Å². The first-order valence-corrected chi connectivity index (χ1v) is 3.35. The van der Waals surface area contributed by atoms with Crippen molar-refractivity contribution in [1.82, 2.24) is 4.90 Å². The molecule has 0 bridgehead atoms. The van der Waals surface area contributed by atoms with E-state index in [1.165, 1.54) is 12.8 Å². The fraction of sp³-hybridized carbons (Fsp3) is 0.714. The Kier molecular flexibility index (Phi) is 2.11. The van der Waals surface area contributed by atoms with Gasteiger partial charge in [-0.1, -0.05) is 0 Å². The first-order valence-electron chi connectivity index (χ1n) is 3.35. The van der Waals surface area contributed by atoms with E-state index in [0.717, 1.165) is 12.8 Å². The van der Waals surface area contributed by atoms with Crippen molar-refractivity contribution in [2.75, 3.05) is 13.6 Å². The number of likely N-dealkylation sites (N-methyl/N-ethyl adjacent to an activating group) is 1. The van der Waals surface area contributed by atoms with Gasteiger partial charge < -0.3 is 5.11 Å². The molecule has 1 aliphatic heterocycles. The zero-order valence-corrected chi connectivity index (χ0v) is 5.75. The van der Waals surface area contributed by atoms with Gasteiger partial charge in [0.05, 0.1) is 6.26 Å². The van der Waals surface area contributed by atoms with Crippen molar-refractivity contribution in [3.63, 3.8) is 0 Å². The van der Waals surface area contributed by atoms with E-state index < -0.39 is 0 Å². The lowest BCUT2D eigenvalue weighted by Gasteiger charge is -2.13. The molecule has 0 spiro atoms. The highest BCUT2D eigenvalue weighted by atomic mass is 16.2. The molecule has 1 fully saturated rings. The molecule has 52 valence electrons. The SMILES string of the molecule is CN1CCC[C@H]1/C=C/O. The number of hydrogen-bond donors (Lipinski definition) is 1. The Balaban J connectivity index is 2.39. The van der Waals surface area contributed by atoms with Crippen LogP contribution in [0.25, 0.3) is 0 Å². The molecule has 0 aliphatic carbocycles. The zero-order valence-electron chi connectivity index (χ0n) is 5.75. The van der Waals surface area contributed by atoms with Crippen LogP contribution in [-0.4, -0.2) is 29.6 Å². The molecule has 1 N–H and O–H groups in total. The molecule has 0 aromatic rings. The van der Waals surface area contributed by atoms with Gasteiger partial charge in [0.2, 0.25) is 0 Å². The van der Waals surface area contributed by atoms with Crippen molar-refractivity contribution < 1.29 is 5.11 Å². The van der Waals surface area contributed by atoms with Crippen molar-refractivity contribution in [2.24, 2.45) is 0 Å². The van der Waals surface area contributed by atoms with Crippen LogP contribution in [0.15, 0.2) is 12.3 Å². The van der Waals surface area contributed by atoms with Gasteiger partial charge in [-0.25, -0.2) is 0 Å². The monoisotopic (exact) mass is 127 g/mol. The quantitative estimate of drug-likeness (QED) is 0.534. The average Bonchev–Trinajstić information content (AvgIpc) is 2.18. The van der Waals surface area contributed by atoms with Crippen molar-refractivity contribution in [1.29, 1.82) is 0 Å². The van der Waals surface area contributed by atoms with Gasteiger partial charge in [0.25, 0.3) is 0 Å². The fourth-order valence-electron chi connectivity index (χ4n) is 1.28. The molecular weight excluding hydrogens is 114 g/mol. The molecular formula is C7H13NO. The molecule has 0 aromatic carbocycles. The molecule has 0 unspecified atom stereocenters. The van der Waals surface area contributed by atoms with Crippen LogP contribution in [-0.2, 0) is 0 Å². The van der Waals surface area contributed by atoms with E-state index in [4.69, 9.17) is 5.11 Å². The van der Waals surface area contributed by atoms with Crippen LogP contribution in [0.3, 0.4) is 0 Å². The first-order chi connectivity index (χ1) is 4.34. The second kappa shape index (κ2) is 2.87. The van der Waals surface area contributed by atoms with Crippen molar-refractivity contribution in [2.45, 2.75) is 18.9 Å². The summed E-state index contributed by atoms with van der Waals surface area (Å²) >= 11 is 0. The molecule has 1 saturated heterocycles. The van der Waals surface area contributed by atoms with Crippen LogP contribution in [0.5, 0.6) is 0 Å². The topological polar surface area (TPSA) is 23.5 Å². The van der Waals surface area contributed by atoms with Crippen LogP contribution in [0.4, 0.5) is 0 Å². The summed E-state index contributed by atoms with van der Waals surface area (Å²) in [6, 6.07) is 0.481. The van der Waals surface area contributed by atoms with E-state index in [0.29, 0.717) is 6.04 Å². The molecule has 1 rings (SSSR count). The lowest BCUT2D eigenvalue weighted by atomic mass is 10.2. The normalized spacial score (nSPS) is 30.1. The standard InChI is InChI=1S/C7H13NO/c1-8-5-2-3-7(8)4-6-9/h4,6-7,9H,2-3,5H2,1H3/b6-4+/t7-/m0/s1. The molecule has 0 radical (unpaired) electrons. The zero-order chi connectivity index (χ0) is 6.69. The predicted octanol–water partition coefficient (Wildman–Crippen LogP) is 1.15. The second-order valence-corrected chi connectivity index (χ2v) is 2.53. The Bertz CT molecular complexity index is 111. The summed E-state index contributed by atoms with van der Waals surface area (Å²) in [4.78, 5) is 2.24. The molecule has 2 heteroatoms. The summed E-state index contributed by atoms with van der Waals surface area (Å²) in [5.74, 6) is 0. The Morgan fingerprint density at radius 2 is 2.44 bits per heavy atom. The van der Waals surface area contributed by atoms with Gasteiger partial charge in [0.15, 0.2) is 0 Å². The fourth-order valence-corrected chi connectivity index (χ4v) is 1.28. The van der Waals surface area contributed by atoms with Gasteiger partial charge in [-0.05, 0) is 32.5 Å². The summed E-state index contributed by atoms with van der Waals surface area (Å²) in [5.41, 5.74) is 0. The van der Waals surface area contributed by atoms with E-state index in [1.54, 1.807) is 0 Å². The molecule has 0 aromatic heterocycles. The highest BCUT2D eigenvalue weighted by Gasteiger charge is 2.17. The highest BCUT2D eigenvalue weighted by Crippen LogP contribution is 2.14. The largest absolute Gasteiger partial charge is 0.516 e. The summed E-state index contributed by atoms with van der Waals surface area (Å²) in [6.07, 6.45) is 5.43. The summed E-state index contributed by atoms with van der Waals surface area (Å²) in [5, 5.41) is 8.44. The van der Waals surface area contributed by atoms with Crippen molar-refractivity contribution in [3.8, 4) is 0 Å². The van der Waals surface area contributed by atoms with Crippen LogP contribution in [0, 0.1) is 0 Å². The number of aliphatic hydroxyl groups excluding tert-OH is 1. The Hall–Kier alpha value is -0.500. The molecule has 0 saturated carbocycles. The summed E-state index contributed by atoms with van der Waals surface area (Å²) in [6.45, 7) is 1.16. The van der Waals surface area contributed by atoms with Gasteiger partial charge in [-0.2, -0.15) is 0 Å². The smallest absolute Gasteiger partial charge is 0.0767 e. The second-order valence-electron chi connectivity index (χ2n) is 2.53. The average molecular weight is 127 g/mol. The maximum atomic E-state index is 8.44. The van der Waals surface area contributed by atoms with Crippen LogP contribution in [0.2, 0.25) is 0 Å². The molecule has 9 heavy (non-hydrogen) atoms. The Morgan fingerprint density at radius 1 is 1.67 bits per heavy atom. The van der Waals surface area contributed by atoms with Gasteiger partial charge in [-0.3, -0.25) is 4.90 Å². The summed E-state index contributed by atoms with van der Waals surface area (Å²) < 4.78 is 0. The minimum Gasteiger partial charge on any atom is -0.516 e. The lowest BCUT2D eigenvalue weighted by Crippen LogP contribution is -2.22. The van der Waals surface area contributed by atoms with E-state index in [-0.39, 0.29) is 0 Å². The van der Waals surface area contributed by atoms with E-state index >= 15 is 0 Å². The van der Waals surface area contributed by atoms with E-state index in [1.807, 2.05) is 6.08 Å². The minimum absolute atomic E-state index is 0.481. The number of likely N-dealkylation sites (tertiary alicyclic amines) is 1. The maximum absolute atomic E-state index is 8.44. The lowest BCUT2D eigenvalue weighted by molar-refractivity contribution is 0.350. The first kappa shape index (κ1) is 6.62. The molecule has 1 heterocycles. The third-order valence-electron chi connectivity index (χ3n) is 1.89. The number of aliphatic hydroxyl groups is 1. The molecule has 2 nitrogen and oxygen atoms in total. The van der Waals surface area contributed by atoms with Crippen molar-refractivity contribution >= 4 is 0 Å². The van der Waals surface area contributed by atoms with E-state index in [2.05, 4.69) is 11.9 Å². The van der Waals surface area contributed by atoms with Gasteiger partial charge in [0, 0.05) is 6.04 Å². The highest BCUT2D eigenvalue weighted by molar-refractivity contribution is 4.92. The van der Waals surface area contributed by atoms with Crippen LogP contribution in [0.1, 0.15) is 12.8 Å². The Morgan fingerprint density at radius 3 is 2.89 bits per heavy atom. The maximum Gasteiger partial charge on any atom is 0.0767 e. The van der Waals surface area contributed by atoms with Crippen LogP contribution >= 0.6 is 0 Å². The number of rotatable bonds is 1. The van der Waals surface area contributed by atoms with Gasteiger partial charge in [0.1, 0.15) is 0 Å². The molecule has 1 aliphatic rings. The number of hydrogen-bond acceptors (Lipinski definition) is 2. The van der Waals surface area contributed by atoms with Crippen LogP contribution < -0.4 is 0 Å². The number of nitrogens with zero attached hydrogens (tertiary/aromatic N) is 1.